The van der Waals surface area contributed by atoms with Gasteiger partial charge in [0.25, 0.3) is 0 Å². The predicted octanol–water partition coefficient (Wildman–Crippen LogP) is 0.640. The van der Waals surface area contributed by atoms with E-state index in [4.69, 9.17) is 0 Å². The Labute approximate surface area is 95.2 Å². The van der Waals surface area contributed by atoms with E-state index < -0.39 is 7.05 Å². The van der Waals surface area contributed by atoms with E-state index in [9.17, 15) is 9.82 Å². The van der Waals surface area contributed by atoms with Gasteiger partial charge in [0, 0.05) is 5.69 Å². The third kappa shape index (κ3) is 2.43. The molecular formula is C11H15BN2O2. The van der Waals surface area contributed by atoms with Gasteiger partial charge in [-0.05, 0) is 31.3 Å². The smallest absolute Gasteiger partial charge is 0.374 e. The molecule has 0 radical (unpaired) electrons. The monoisotopic (exact) mass is 218 g/mol. The molecule has 0 fully saturated rings. The van der Waals surface area contributed by atoms with E-state index in [0.717, 1.165) is 17.7 Å². The predicted molar refractivity (Wildman–Crippen MR) is 64.2 cm³/mol. The number of benzene rings is 1. The normalized spacial score (nSPS) is 19.6. The number of hydrogen-bond donors (Lipinski definition) is 3. The van der Waals surface area contributed by atoms with Crippen LogP contribution in [0.25, 0.3) is 0 Å². The Morgan fingerprint density at radius 3 is 3.00 bits per heavy atom. The minimum atomic E-state index is -0.669. The molecule has 16 heavy (non-hydrogen) atoms. The van der Waals surface area contributed by atoms with E-state index >= 15 is 0 Å². The molecule has 84 valence electrons. The van der Waals surface area contributed by atoms with Crippen molar-refractivity contribution in [2.24, 2.45) is 0 Å². The van der Waals surface area contributed by atoms with Gasteiger partial charge in [-0.2, -0.15) is 0 Å². The van der Waals surface area contributed by atoms with Crippen molar-refractivity contribution in [2.45, 2.75) is 25.7 Å². The summed E-state index contributed by atoms with van der Waals surface area (Å²) in [5, 5.41) is 15.0. The molecule has 0 saturated carbocycles. The zero-order valence-corrected chi connectivity index (χ0v) is 9.23. The molecule has 0 spiro atoms. The molecule has 0 saturated heterocycles. The highest BCUT2D eigenvalue weighted by atomic mass is 16.2. The highest BCUT2D eigenvalue weighted by Crippen LogP contribution is 2.21. The Kier molecular flexibility index (Phi) is 3.26. The maximum Gasteiger partial charge on any atom is 0.374 e. The molecule has 1 aliphatic rings. The van der Waals surface area contributed by atoms with Gasteiger partial charge < -0.3 is 15.6 Å². The van der Waals surface area contributed by atoms with Crippen molar-refractivity contribution < 1.29 is 9.82 Å². The van der Waals surface area contributed by atoms with Crippen LogP contribution < -0.4 is 10.5 Å². The van der Waals surface area contributed by atoms with Gasteiger partial charge in [-0.1, -0.05) is 18.2 Å². The van der Waals surface area contributed by atoms with E-state index in [1.807, 2.05) is 24.3 Å². The maximum absolute atomic E-state index is 11.8. The second-order valence-electron chi connectivity index (χ2n) is 4.08. The number of nitrogens with one attached hydrogen (secondary N) is 2. The number of rotatable bonds is 2. The summed E-state index contributed by atoms with van der Waals surface area (Å²) >= 11 is 0. The zero-order valence-electron chi connectivity index (χ0n) is 9.23. The van der Waals surface area contributed by atoms with Crippen LogP contribution in [0, 0.1) is 0 Å². The molecular weight excluding hydrogens is 203 g/mol. The summed E-state index contributed by atoms with van der Waals surface area (Å²) in [6, 6.07) is 7.46. The third-order valence-corrected chi connectivity index (χ3v) is 2.74. The standard InChI is InChI=1S/C11H15BN2O2/c1-12(16)14-10-7-6-8-4-2-3-5-9(8)13-11(10)15/h2-5,10,14,16H,6-7H2,1H3,(H,13,15)/t10-/m0/s1. The van der Waals surface area contributed by atoms with Crippen LogP contribution in [0.3, 0.4) is 0 Å². The second kappa shape index (κ2) is 4.68. The minimum Gasteiger partial charge on any atom is -0.437 e. The SMILES string of the molecule is CB(O)N[C@H]1CCc2ccccc2NC1=O. The first-order valence-electron chi connectivity index (χ1n) is 5.49. The first kappa shape index (κ1) is 11.2. The summed E-state index contributed by atoms with van der Waals surface area (Å²) in [4.78, 5) is 11.8. The fourth-order valence-electron chi connectivity index (χ4n) is 1.96. The van der Waals surface area contributed by atoms with Crippen LogP contribution in [0.5, 0.6) is 0 Å². The quantitative estimate of drug-likeness (QED) is 0.638. The molecule has 0 bridgehead atoms. The van der Waals surface area contributed by atoms with Gasteiger partial charge in [0.05, 0.1) is 6.04 Å². The number of anilines is 1. The summed E-state index contributed by atoms with van der Waals surface area (Å²) < 4.78 is 0. The lowest BCUT2D eigenvalue weighted by atomic mass is 9.86. The molecule has 1 aromatic carbocycles. The van der Waals surface area contributed by atoms with E-state index in [1.54, 1.807) is 6.82 Å². The Bertz CT molecular complexity index is 395. The number of carbonyl (C=O) groups is 1. The van der Waals surface area contributed by atoms with Crippen molar-refractivity contribution in [3.8, 4) is 0 Å². The molecule has 0 aromatic heterocycles. The maximum atomic E-state index is 11.8. The van der Waals surface area contributed by atoms with Crippen molar-refractivity contribution in [3.63, 3.8) is 0 Å². The number of amides is 1. The van der Waals surface area contributed by atoms with E-state index in [1.165, 1.54) is 0 Å². The second-order valence-corrected chi connectivity index (χ2v) is 4.08. The van der Waals surface area contributed by atoms with Gasteiger partial charge in [-0.3, -0.25) is 4.79 Å². The number of fused-ring (bicyclic) bond motifs is 1. The number of para-hydroxylation sites is 1. The highest BCUT2D eigenvalue weighted by molar-refractivity contribution is 6.46. The van der Waals surface area contributed by atoms with Gasteiger partial charge >= 0.3 is 7.05 Å². The molecule has 0 aliphatic carbocycles. The topological polar surface area (TPSA) is 61.4 Å². The van der Waals surface area contributed by atoms with Crippen molar-refractivity contribution in [1.29, 1.82) is 0 Å². The van der Waals surface area contributed by atoms with Crippen LogP contribution in [-0.2, 0) is 11.2 Å². The van der Waals surface area contributed by atoms with Gasteiger partial charge in [-0.25, -0.2) is 0 Å². The summed E-state index contributed by atoms with van der Waals surface area (Å²) in [6.07, 6.45) is 1.53. The highest BCUT2D eigenvalue weighted by Gasteiger charge is 2.24. The first-order valence-corrected chi connectivity index (χ1v) is 5.49. The van der Waals surface area contributed by atoms with Crippen molar-refractivity contribution >= 4 is 18.6 Å². The van der Waals surface area contributed by atoms with Crippen molar-refractivity contribution in [2.75, 3.05) is 5.32 Å². The zero-order chi connectivity index (χ0) is 11.5. The summed E-state index contributed by atoms with van der Waals surface area (Å²) in [7, 11) is -0.669. The number of carbonyl (C=O) groups excluding carboxylic acids is 1. The van der Waals surface area contributed by atoms with Crippen LogP contribution in [0.15, 0.2) is 24.3 Å². The average molecular weight is 218 g/mol. The third-order valence-electron chi connectivity index (χ3n) is 2.74. The lowest BCUT2D eigenvalue weighted by molar-refractivity contribution is -0.117. The van der Waals surface area contributed by atoms with Crippen molar-refractivity contribution in [3.05, 3.63) is 29.8 Å². The molecule has 1 aliphatic heterocycles. The lowest BCUT2D eigenvalue weighted by Crippen LogP contribution is -2.46. The Morgan fingerprint density at radius 1 is 1.50 bits per heavy atom. The summed E-state index contributed by atoms with van der Waals surface area (Å²) in [5.41, 5.74) is 2.02. The van der Waals surface area contributed by atoms with Gasteiger partial charge in [-0.15, -0.1) is 0 Å². The Hall–Kier alpha value is -1.33. The molecule has 1 amide bonds. The Morgan fingerprint density at radius 2 is 2.25 bits per heavy atom. The largest absolute Gasteiger partial charge is 0.437 e. The summed E-state index contributed by atoms with van der Waals surface area (Å²) in [5.74, 6) is -0.0779. The molecule has 4 nitrogen and oxygen atoms in total. The molecule has 1 aromatic rings. The fraction of sp³-hybridized carbons (Fsp3) is 0.364. The van der Waals surface area contributed by atoms with E-state index in [2.05, 4.69) is 10.5 Å². The van der Waals surface area contributed by atoms with Crippen LogP contribution in [0.4, 0.5) is 5.69 Å². The van der Waals surface area contributed by atoms with E-state index in [0.29, 0.717) is 6.42 Å². The molecule has 2 rings (SSSR count). The van der Waals surface area contributed by atoms with Crippen LogP contribution in [0.1, 0.15) is 12.0 Å². The van der Waals surface area contributed by atoms with Gasteiger partial charge in [0.15, 0.2) is 0 Å². The van der Waals surface area contributed by atoms with Crippen molar-refractivity contribution in [1.82, 2.24) is 5.23 Å². The molecule has 1 heterocycles. The first-order chi connectivity index (χ1) is 7.66. The average Bonchev–Trinajstić information content (AvgIpc) is 2.39. The number of aryl methyl sites for hydroxylation is 1. The number of hydrogen-bond acceptors (Lipinski definition) is 3. The van der Waals surface area contributed by atoms with Gasteiger partial charge in [0.2, 0.25) is 5.91 Å². The van der Waals surface area contributed by atoms with Crippen LogP contribution in [-0.4, -0.2) is 24.0 Å². The molecule has 3 N–H and O–H groups in total. The molecule has 5 heteroatoms. The fourth-order valence-corrected chi connectivity index (χ4v) is 1.96. The minimum absolute atomic E-state index is 0.0779. The van der Waals surface area contributed by atoms with Crippen LogP contribution >= 0.6 is 0 Å². The molecule has 1 atom stereocenters. The Balaban J connectivity index is 2.15. The lowest BCUT2D eigenvalue weighted by Gasteiger charge is -2.15. The van der Waals surface area contributed by atoms with Gasteiger partial charge in [0.1, 0.15) is 0 Å². The van der Waals surface area contributed by atoms with E-state index in [-0.39, 0.29) is 11.9 Å². The molecule has 0 unspecified atom stereocenters. The summed E-state index contributed by atoms with van der Waals surface area (Å²) in [6.45, 7) is 1.62. The van der Waals surface area contributed by atoms with Crippen LogP contribution in [0.2, 0.25) is 6.82 Å².